The van der Waals surface area contributed by atoms with E-state index in [0.29, 0.717) is 0 Å². The van der Waals surface area contributed by atoms with Crippen molar-refractivity contribution in [3.8, 4) is 5.75 Å². The molecular formula is C20H30IN5O. The zero-order valence-corrected chi connectivity index (χ0v) is 18.9. The molecule has 0 saturated heterocycles. The van der Waals surface area contributed by atoms with E-state index in [-0.39, 0.29) is 35.6 Å². The Balaban J connectivity index is 0.00000261. The number of fused-ring (bicyclic) bond motifs is 1. The third-order valence-corrected chi connectivity index (χ3v) is 4.60. The SMILES string of the molecule is CN=C(NCCCc1cnn(C)c1)NC1CC(C)(C)Oc2ccccc21.I. The Hall–Kier alpha value is -1.77. The molecule has 1 atom stereocenters. The molecule has 1 aliphatic heterocycles. The van der Waals surface area contributed by atoms with Crippen LogP contribution in [0.5, 0.6) is 5.75 Å². The molecular weight excluding hydrogens is 453 g/mol. The molecule has 1 aromatic carbocycles. The predicted molar refractivity (Wildman–Crippen MR) is 120 cm³/mol. The van der Waals surface area contributed by atoms with Gasteiger partial charge in [-0.25, -0.2) is 0 Å². The van der Waals surface area contributed by atoms with Crippen LogP contribution in [0.2, 0.25) is 0 Å². The molecule has 6 nitrogen and oxygen atoms in total. The van der Waals surface area contributed by atoms with Crippen molar-refractivity contribution in [1.82, 2.24) is 20.4 Å². The monoisotopic (exact) mass is 483 g/mol. The number of guanidine groups is 1. The minimum absolute atomic E-state index is 0. The first-order valence-corrected chi connectivity index (χ1v) is 9.19. The summed E-state index contributed by atoms with van der Waals surface area (Å²) in [5.74, 6) is 1.78. The number of rotatable bonds is 5. The molecule has 2 aromatic rings. The Morgan fingerprint density at radius 2 is 2.15 bits per heavy atom. The second kappa shape index (κ2) is 9.43. The second-order valence-corrected chi connectivity index (χ2v) is 7.43. The van der Waals surface area contributed by atoms with Crippen LogP contribution in [-0.2, 0) is 13.5 Å². The van der Waals surface area contributed by atoms with E-state index in [2.05, 4.69) is 52.9 Å². The van der Waals surface area contributed by atoms with Crippen molar-refractivity contribution in [1.29, 1.82) is 0 Å². The van der Waals surface area contributed by atoms with E-state index in [1.54, 1.807) is 0 Å². The average Bonchev–Trinajstić information content (AvgIpc) is 3.01. The van der Waals surface area contributed by atoms with Crippen molar-refractivity contribution < 1.29 is 4.74 Å². The van der Waals surface area contributed by atoms with E-state index >= 15 is 0 Å². The second-order valence-electron chi connectivity index (χ2n) is 7.43. The Bertz CT molecular complexity index is 771. The lowest BCUT2D eigenvalue weighted by atomic mass is 9.90. The summed E-state index contributed by atoms with van der Waals surface area (Å²) in [6.07, 6.45) is 6.91. The Morgan fingerprint density at radius 1 is 1.37 bits per heavy atom. The van der Waals surface area contributed by atoms with Gasteiger partial charge in [-0.05, 0) is 38.3 Å². The largest absolute Gasteiger partial charge is 0.487 e. The first-order chi connectivity index (χ1) is 12.5. The highest BCUT2D eigenvalue weighted by molar-refractivity contribution is 14.0. The Morgan fingerprint density at radius 3 is 2.85 bits per heavy atom. The van der Waals surface area contributed by atoms with Gasteiger partial charge in [-0.15, -0.1) is 24.0 Å². The fourth-order valence-electron chi connectivity index (χ4n) is 3.39. The van der Waals surface area contributed by atoms with Crippen LogP contribution in [0.15, 0.2) is 41.7 Å². The van der Waals surface area contributed by atoms with Gasteiger partial charge in [-0.1, -0.05) is 18.2 Å². The van der Waals surface area contributed by atoms with Gasteiger partial charge in [0.15, 0.2) is 5.96 Å². The summed E-state index contributed by atoms with van der Waals surface area (Å²) in [5.41, 5.74) is 2.24. The van der Waals surface area contributed by atoms with E-state index in [0.717, 1.165) is 37.5 Å². The molecule has 1 unspecified atom stereocenters. The van der Waals surface area contributed by atoms with E-state index in [9.17, 15) is 0 Å². The quantitative estimate of drug-likeness (QED) is 0.296. The van der Waals surface area contributed by atoms with Crippen LogP contribution in [0.25, 0.3) is 0 Å². The number of aromatic nitrogens is 2. The Labute approximate surface area is 178 Å². The van der Waals surface area contributed by atoms with Crippen LogP contribution in [0.4, 0.5) is 0 Å². The third kappa shape index (κ3) is 5.85. The van der Waals surface area contributed by atoms with E-state index < -0.39 is 0 Å². The molecule has 2 heterocycles. The van der Waals surface area contributed by atoms with E-state index in [4.69, 9.17) is 4.74 Å². The van der Waals surface area contributed by atoms with E-state index in [1.807, 2.05) is 37.1 Å². The van der Waals surface area contributed by atoms with Gasteiger partial charge >= 0.3 is 0 Å². The van der Waals surface area contributed by atoms with Crippen LogP contribution in [-0.4, -0.2) is 34.9 Å². The van der Waals surface area contributed by atoms with Crippen molar-refractivity contribution in [2.24, 2.45) is 12.0 Å². The third-order valence-electron chi connectivity index (χ3n) is 4.60. The summed E-state index contributed by atoms with van der Waals surface area (Å²) in [5, 5.41) is 11.2. The number of hydrogen-bond acceptors (Lipinski definition) is 3. The standard InChI is InChI=1S/C20H29N5O.HI/c1-20(2)12-17(16-9-5-6-10-18(16)26-20)24-19(21-3)22-11-7-8-15-13-23-25(4)14-15;/h5-6,9-10,13-14,17H,7-8,11-12H2,1-4H3,(H2,21,22,24);1H. The van der Waals surface area contributed by atoms with Gasteiger partial charge < -0.3 is 15.4 Å². The first-order valence-electron chi connectivity index (χ1n) is 9.19. The van der Waals surface area contributed by atoms with Crippen LogP contribution < -0.4 is 15.4 Å². The maximum absolute atomic E-state index is 6.11. The molecule has 148 valence electrons. The number of halogens is 1. The van der Waals surface area contributed by atoms with Gasteiger partial charge in [0.25, 0.3) is 0 Å². The number of nitrogens with zero attached hydrogens (tertiary/aromatic N) is 3. The highest BCUT2D eigenvalue weighted by Gasteiger charge is 2.33. The van der Waals surface area contributed by atoms with Gasteiger partial charge in [0.1, 0.15) is 11.4 Å². The maximum Gasteiger partial charge on any atom is 0.191 e. The molecule has 27 heavy (non-hydrogen) atoms. The van der Waals surface area contributed by atoms with Gasteiger partial charge in [0, 0.05) is 38.8 Å². The lowest BCUT2D eigenvalue weighted by molar-refractivity contribution is 0.0694. The molecule has 0 aliphatic carbocycles. The summed E-state index contributed by atoms with van der Waals surface area (Å²) in [6.45, 7) is 5.12. The summed E-state index contributed by atoms with van der Waals surface area (Å²) < 4.78 is 7.95. The number of benzene rings is 1. The zero-order chi connectivity index (χ0) is 18.6. The number of para-hydroxylation sites is 1. The summed E-state index contributed by atoms with van der Waals surface area (Å²) in [7, 11) is 3.76. The number of ether oxygens (including phenoxy) is 1. The van der Waals surface area contributed by atoms with E-state index in [1.165, 1.54) is 11.1 Å². The molecule has 1 aliphatic rings. The highest BCUT2D eigenvalue weighted by Crippen LogP contribution is 2.39. The van der Waals surface area contributed by atoms with Crippen molar-refractivity contribution in [3.05, 3.63) is 47.8 Å². The normalized spacial score (nSPS) is 18.1. The molecule has 0 spiro atoms. The molecule has 0 bridgehead atoms. The molecule has 2 N–H and O–H groups in total. The lowest BCUT2D eigenvalue weighted by Crippen LogP contribution is -2.45. The number of aryl methyl sites for hydroxylation is 2. The fourth-order valence-corrected chi connectivity index (χ4v) is 3.39. The highest BCUT2D eigenvalue weighted by atomic mass is 127. The number of hydrogen-bond donors (Lipinski definition) is 2. The van der Waals surface area contributed by atoms with Crippen molar-refractivity contribution in [3.63, 3.8) is 0 Å². The van der Waals surface area contributed by atoms with Crippen molar-refractivity contribution in [2.45, 2.75) is 44.8 Å². The molecule has 7 heteroatoms. The van der Waals surface area contributed by atoms with Crippen molar-refractivity contribution >= 4 is 29.9 Å². The molecule has 0 fully saturated rings. The maximum atomic E-state index is 6.11. The summed E-state index contributed by atoms with van der Waals surface area (Å²) in [6, 6.07) is 8.41. The first kappa shape index (κ1) is 21.5. The minimum Gasteiger partial charge on any atom is -0.487 e. The van der Waals surface area contributed by atoms with Crippen LogP contribution in [0.1, 0.15) is 43.9 Å². The predicted octanol–water partition coefficient (Wildman–Crippen LogP) is 3.44. The average molecular weight is 483 g/mol. The molecule has 0 amide bonds. The Kier molecular flexibility index (Phi) is 7.52. The summed E-state index contributed by atoms with van der Waals surface area (Å²) >= 11 is 0. The minimum atomic E-state index is -0.203. The van der Waals surface area contributed by atoms with Crippen LogP contribution >= 0.6 is 24.0 Å². The lowest BCUT2D eigenvalue weighted by Gasteiger charge is -2.38. The number of aliphatic imine (C=N–C) groups is 1. The molecule has 1 aromatic heterocycles. The fraction of sp³-hybridized carbons (Fsp3) is 0.500. The molecule has 3 rings (SSSR count). The molecule has 0 radical (unpaired) electrons. The van der Waals surface area contributed by atoms with Gasteiger partial charge in [-0.3, -0.25) is 9.67 Å². The van der Waals surface area contributed by atoms with Gasteiger partial charge in [0.2, 0.25) is 0 Å². The van der Waals surface area contributed by atoms with Crippen molar-refractivity contribution in [2.75, 3.05) is 13.6 Å². The van der Waals surface area contributed by atoms with Crippen LogP contribution in [0, 0.1) is 0 Å². The smallest absolute Gasteiger partial charge is 0.191 e. The summed E-state index contributed by atoms with van der Waals surface area (Å²) in [4.78, 5) is 4.39. The van der Waals surface area contributed by atoms with Gasteiger partial charge in [0.05, 0.1) is 12.2 Å². The topological polar surface area (TPSA) is 63.5 Å². The zero-order valence-electron chi connectivity index (χ0n) is 16.5. The number of nitrogens with one attached hydrogen (secondary N) is 2. The molecule has 0 saturated carbocycles. The van der Waals surface area contributed by atoms with Crippen LogP contribution in [0.3, 0.4) is 0 Å². The van der Waals surface area contributed by atoms with Gasteiger partial charge in [-0.2, -0.15) is 5.10 Å².